The quantitative estimate of drug-likeness (QED) is 0.752. The molecule has 0 aliphatic carbocycles. The van der Waals surface area contributed by atoms with E-state index in [0.29, 0.717) is 37.4 Å². The number of carbonyl (C=O) groups is 2. The van der Waals surface area contributed by atoms with Crippen LogP contribution in [-0.2, 0) is 0 Å². The molecular weight excluding hydrogens is 364 g/mol. The highest BCUT2D eigenvalue weighted by atomic mass is 32.1. The molecule has 138 valence electrons. The van der Waals surface area contributed by atoms with E-state index in [1.807, 2.05) is 29.6 Å². The van der Waals surface area contributed by atoms with Gasteiger partial charge in [-0.1, -0.05) is 18.2 Å². The number of aromatic nitrogens is 2. The second kappa shape index (κ2) is 7.71. The Morgan fingerprint density at radius 2 is 1.89 bits per heavy atom. The van der Waals surface area contributed by atoms with E-state index in [1.54, 1.807) is 17.0 Å². The van der Waals surface area contributed by atoms with E-state index in [0.717, 1.165) is 10.2 Å². The third-order valence-electron chi connectivity index (χ3n) is 4.50. The highest BCUT2D eigenvalue weighted by molar-refractivity contribution is 7.17. The SMILES string of the molecule is O=C(NC1CCN(C(=O)c2ncnc3ccsc23)CC1)Oc1ccccc1. The summed E-state index contributed by atoms with van der Waals surface area (Å²) in [4.78, 5) is 35.0. The maximum atomic E-state index is 12.8. The summed E-state index contributed by atoms with van der Waals surface area (Å²) in [6.07, 6.45) is 2.31. The molecule has 1 aliphatic heterocycles. The number of amides is 2. The summed E-state index contributed by atoms with van der Waals surface area (Å²) in [5.74, 6) is 0.418. The third-order valence-corrected chi connectivity index (χ3v) is 5.41. The first-order chi connectivity index (χ1) is 13.2. The molecule has 1 fully saturated rings. The Morgan fingerprint density at radius 1 is 1.11 bits per heavy atom. The van der Waals surface area contributed by atoms with Gasteiger partial charge in [-0.3, -0.25) is 4.79 Å². The first-order valence-corrected chi connectivity index (χ1v) is 9.59. The highest BCUT2D eigenvalue weighted by Crippen LogP contribution is 2.23. The van der Waals surface area contributed by atoms with Crippen LogP contribution in [0.15, 0.2) is 48.1 Å². The summed E-state index contributed by atoms with van der Waals surface area (Å²) >= 11 is 1.47. The zero-order valence-electron chi connectivity index (χ0n) is 14.5. The first-order valence-electron chi connectivity index (χ1n) is 8.71. The van der Waals surface area contributed by atoms with Gasteiger partial charge < -0.3 is 15.0 Å². The summed E-state index contributed by atoms with van der Waals surface area (Å²) in [5.41, 5.74) is 1.24. The lowest BCUT2D eigenvalue weighted by molar-refractivity contribution is 0.0702. The van der Waals surface area contributed by atoms with E-state index in [1.165, 1.54) is 17.7 Å². The first kappa shape index (κ1) is 17.4. The molecule has 3 aromatic rings. The van der Waals surface area contributed by atoms with Crippen molar-refractivity contribution in [2.45, 2.75) is 18.9 Å². The number of piperidine rings is 1. The molecule has 3 heterocycles. The number of nitrogens with one attached hydrogen (secondary N) is 1. The van der Waals surface area contributed by atoms with Gasteiger partial charge in [-0.05, 0) is 36.4 Å². The van der Waals surface area contributed by atoms with Crippen molar-refractivity contribution >= 4 is 33.6 Å². The predicted octanol–water partition coefficient (Wildman–Crippen LogP) is 3.08. The molecule has 2 aromatic heterocycles. The maximum Gasteiger partial charge on any atom is 0.412 e. The van der Waals surface area contributed by atoms with Crippen LogP contribution in [-0.4, -0.2) is 46.0 Å². The van der Waals surface area contributed by atoms with E-state index in [2.05, 4.69) is 15.3 Å². The predicted molar refractivity (Wildman–Crippen MR) is 102 cm³/mol. The van der Waals surface area contributed by atoms with Crippen LogP contribution in [0.3, 0.4) is 0 Å². The molecule has 1 N–H and O–H groups in total. The van der Waals surface area contributed by atoms with Gasteiger partial charge in [0.15, 0.2) is 0 Å². The van der Waals surface area contributed by atoms with Crippen LogP contribution >= 0.6 is 11.3 Å². The number of hydrogen-bond donors (Lipinski definition) is 1. The Morgan fingerprint density at radius 3 is 2.67 bits per heavy atom. The summed E-state index contributed by atoms with van der Waals surface area (Å²) in [6, 6.07) is 10.8. The van der Waals surface area contributed by atoms with Crippen LogP contribution in [0.1, 0.15) is 23.3 Å². The number of nitrogens with zero attached hydrogens (tertiary/aromatic N) is 3. The van der Waals surface area contributed by atoms with E-state index in [4.69, 9.17) is 4.74 Å². The molecule has 1 saturated heterocycles. The minimum absolute atomic E-state index is 0.0163. The van der Waals surface area contributed by atoms with Crippen molar-refractivity contribution in [2.75, 3.05) is 13.1 Å². The number of thiophene rings is 1. The van der Waals surface area contributed by atoms with Gasteiger partial charge >= 0.3 is 6.09 Å². The molecule has 8 heteroatoms. The van der Waals surface area contributed by atoms with Crippen LogP contribution in [0, 0.1) is 0 Å². The molecule has 1 aliphatic rings. The molecule has 27 heavy (non-hydrogen) atoms. The molecule has 0 atom stereocenters. The summed E-state index contributed by atoms with van der Waals surface area (Å²) in [5, 5.41) is 4.78. The van der Waals surface area contributed by atoms with Crippen LogP contribution in [0.5, 0.6) is 5.75 Å². The second-order valence-corrected chi connectivity index (χ2v) is 7.19. The van der Waals surface area contributed by atoms with Gasteiger partial charge in [-0.25, -0.2) is 14.8 Å². The lowest BCUT2D eigenvalue weighted by Gasteiger charge is -2.32. The fourth-order valence-corrected chi connectivity index (χ4v) is 3.94. The Balaban J connectivity index is 1.33. The molecule has 4 rings (SSSR count). The normalized spacial score (nSPS) is 14.9. The summed E-state index contributed by atoms with van der Waals surface area (Å²) < 4.78 is 6.07. The Kier molecular flexibility index (Phi) is 4.97. The van der Waals surface area contributed by atoms with Crippen molar-refractivity contribution in [3.8, 4) is 5.75 Å². The number of fused-ring (bicyclic) bond motifs is 1. The van der Waals surface area contributed by atoms with Crippen molar-refractivity contribution in [2.24, 2.45) is 0 Å². The van der Waals surface area contributed by atoms with Gasteiger partial charge in [-0.15, -0.1) is 11.3 Å². The zero-order chi connectivity index (χ0) is 18.6. The molecule has 0 saturated carbocycles. The Labute approximate surface area is 160 Å². The number of rotatable bonds is 3. The number of benzene rings is 1. The standard InChI is InChI=1S/C19H18N4O3S/c24-18(16-17-15(8-11-27-17)20-12-21-16)23-9-6-13(7-10-23)22-19(25)26-14-4-2-1-3-5-14/h1-5,8,11-13H,6-7,9-10H2,(H,22,25). The molecule has 7 nitrogen and oxygen atoms in total. The Bertz CT molecular complexity index is 952. The molecule has 1 aromatic carbocycles. The molecule has 0 spiro atoms. The van der Waals surface area contributed by atoms with Crippen molar-refractivity contribution in [3.63, 3.8) is 0 Å². The summed E-state index contributed by atoms with van der Waals surface area (Å²) in [7, 11) is 0. The number of likely N-dealkylation sites (tertiary alicyclic amines) is 1. The van der Waals surface area contributed by atoms with Crippen molar-refractivity contribution in [3.05, 3.63) is 53.8 Å². The molecular formula is C19H18N4O3S. The van der Waals surface area contributed by atoms with E-state index >= 15 is 0 Å². The number of carbonyl (C=O) groups excluding carboxylic acids is 2. The smallest absolute Gasteiger partial charge is 0.410 e. The highest BCUT2D eigenvalue weighted by Gasteiger charge is 2.27. The van der Waals surface area contributed by atoms with Gasteiger partial charge in [0.05, 0.1) is 10.2 Å². The molecule has 2 amide bonds. The molecule has 0 bridgehead atoms. The number of ether oxygens (including phenoxy) is 1. The van der Waals surface area contributed by atoms with Crippen molar-refractivity contribution in [1.29, 1.82) is 0 Å². The number of hydrogen-bond acceptors (Lipinski definition) is 6. The van der Waals surface area contributed by atoms with Gasteiger partial charge in [0.25, 0.3) is 5.91 Å². The van der Waals surface area contributed by atoms with E-state index < -0.39 is 6.09 Å². The monoisotopic (exact) mass is 382 g/mol. The maximum absolute atomic E-state index is 12.8. The summed E-state index contributed by atoms with van der Waals surface area (Å²) in [6.45, 7) is 1.12. The fraction of sp³-hybridized carbons (Fsp3) is 0.263. The van der Waals surface area contributed by atoms with E-state index in [9.17, 15) is 9.59 Å². The van der Waals surface area contributed by atoms with Crippen molar-refractivity contribution in [1.82, 2.24) is 20.2 Å². The van der Waals surface area contributed by atoms with Crippen LogP contribution in [0.25, 0.3) is 10.2 Å². The van der Waals surface area contributed by atoms with E-state index in [-0.39, 0.29) is 11.9 Å². The second-order valence-electron chi connectivity index (χ2n) is 6.27. The third kappa shape index (κ3) is 3.90. The average molecular weight is 382 g/mol. The molecule has 0 radical (unpaired) electrons. The van der Waals surface area contributed by atoms with Gasteiger partial charge in [0.1, 0.15) is 17.8 Å². The fourth-order valence-electron chi connectivity index (χ4n) is 3.11. The van der Waals surface area contributed by atoms with Crippen LogP contribution < -0.4 is 10.1 Å². The Hall–Kier alpha value is -3.00. The zero-order valence-corrected chi connectivity index (χ0v) is 15.3. The molecule has 0 unspecified atom stereocenters. The van der Waals surface area contributed by atoms with Gasteiger partial charge in [0, 0.05) is 19.1 Å². The van der Waals surface area contributed by atoms with Crippen molar-refractivity contribution < 1.29 is 14.3 Å². The average Bonchev–Trinajstić information content (AvgIpc) is 3.17. The topological polar surface area (TPSA) is 84.4 Å². The lowest BCUT2D eigenvalue weighted by Crippen LogP contribution is -2.47. The lowest BCUT2D eigenvalue weighted by atomic mass is 10.0. The van der Waals surface area contributed by atoms with Crippen LogP contribution in [0.4, 0.5) is 4.79 Å². The number of para-hydroxylation sites is 1. The minimum atomic E-state index is -0.470. The van der Waals surface area contributed by atoms with Gasteiger partial charge in [0.2, 0.25) is 0 Å². The largest absolute Gasteiger partial charge is 0.412 e. The van der Waals surface area contributed by atoms with Gasteiger partial charge in [-0.2, -0.15) is 0 Å². The minimum Gasteiger partial charge on any atom is -0.410 e. The van der Waals surface area contributed by atoms with Crippen LogP contribution in [0.2, 0.25) is 0 Å².